The van der Waals surface area contributed by atoms with Crippen LogP contribution >= 0.6 is 0 Å². The molecule has 190 valence electrons. The Balaban J connectivity index is 1.47. The zero-order valence-electron chi connectivity index (χ0n) is 22.1. The molecule has 0 saturated heterocycles. The summed E-state index contributed by atoms with van der Waals surface area (Å²) < 4.78 is 5.81. The second-order valence-corrected chi connectivity index (χ2v) is 10.8. The summed E-state index contributed by atoms with van der Waals surface area (Å²) >= 11 is 0. The molecule has 1 aromatic heterocycles. The van der Waals surface area contributed by atoms with Crippen molar-refractivity contribution in [1.29, 1.82) is 0 Å². The molecule has 4 rings (SSSR count). The van der Waals surface area contributed by atoms with E-state index in [-0.39, 0.29) is 12.1 Å². The molecule has 0 aliphatic heterocycles. The van der Waals surface area contributed by atoms with E-state index < -0.39 is 5.60 Å². The number of aryl methyl sites for hydroxylation is 1. The second kappa shape index (κ2) is 11.7. The molecule has 0 spiro atoms. The number of nitrogens with zero attached hydrogens (tertiary/aromatic N) is 2. The van der Waals surface area contributed by atoms with Crippen LogP contribution in [0.4, 0.5) is 10.5 Å². The Morgan fingerprint density at radius 3 is 2.36 bits per heavy atom. The lowest BCUT2D eigenvalue weighted by molar-refractivity contribution is 0.0558. The van der Waals surface area contributed by atoms with Crippen molar-refractivity contribution in [3.63, 3.8) is 0 Å². The maximum Gasteiger partial charge on any atom is 0.415 e. The maximum atomic E-state index is 13.2. The molecule has 1 amide bonds. The Kier molecular flexibility index (Phi) is 8.42. The van der Waals surface area contributed by atoms with E-state index in [0.717, 1.165) is 50.0 Å². The van der Waals surface area contributed by atoms with E-state index in [1.54, 1.807) is 6.20 Å². The van der Waals surface area contributed by atoms with Gasteiger partial charge in [0.1, 0.15) is 5.60 Å². The van der Waals surface area contributed by atoms with Crippen molar-refractivity contribution in [2.24, 2.45) is 0 Å². The molecule has 5 heteroatoms. The van der Waals surface area contributed by atoms with Crippen LogP contribution in [0.5, 0.6) is 0 Å². The third-order valence-electron chi connectivity index (χ3n) is 6.66. The fraction of sp³-hybridized carbons (Fsp3) is 0.419. The maximum absolute atomic E-state index is 13.2. The van der Waals surface area contributed by atoms with Gasteiger partial charge in [-0.15, -0.1) is 0 Å². The minimum atomic E-state index is -0.520. The third kappa shape index (κ3) is 6.94. The van der Waals surface area contributed by atoms with Gasteiger partial charge in [-0.1, -0.05) is 55.7 Å². The van der Waals surface area contributed by atoms with Crippen LogP contribution < -0.4 is 10.2 Å². The van der Waals surface area contributed by atoms with Crippen molar-refractivity contribution < 1.29 is 9.53 Å². The number of pyridine rings is 1. The van der Waals surface area contributed by atoms with Gasteiger partial charge >= 0.3 is 6.09 Å². The van der Waals surface area contributed by atoms with Crippen LogP contribution in [-0.4, -0.2) is 22.7 Å². The number of ether oxygens (including phenoxy) is 1. The summed E-state index contributed by atoms with van der Waals surface area (Å²) in [4.78, 5) is 19.3. The lowest BCUT2D eigenvalue weighted by atomic mass is 9.93. The van der Waals surface area contributed by atoms with E-state index in [4.69, 9.17) is 4.74 Å². The van der Waals surface area contributed by atoms with Gasteiger partial charge in [-0.3, -0.25) is 9.88 Å². The molecule has 1 aliphatic rings. The van der Waals surface area contributed by atoms with Crippen LogP contribution in [0.25, 0.3) is 11.1 Å². The van der Waals surface area contributed by atoms with Gasteiger partial charge in [-0.25, -0.2) is 4.79 Å². The van der Waals surface area contributed by atoms with E-state index in [2.05, 4.69) is 65.8 Å². The molecular formula is C31H39N3O2. The van der Waals surface area contributed by atoms with Gasteiger partial charge in [0.15, 0.2) is 0 Å². The number of benzene rings is 2. The van der Waals surface area contributed by atoms with Gasteiger partial charge in [0, 0.05) is 37.2 Å². The molecule has 0 unspecified atom stereocenters. The molecule has 1 aliphatic carbocycles. The number of carbonyl (C=O) groups is 1. The predicted octanol–water partition coefficient (Wildman–Crippen LogP) is 7.42. The van der Waals surface area contributed by atoms with Crippen LogP contribution in [-0.2, 0) is 17.8 Å². The minimum absolute atomic E-state index is 0.192. The van der Waals surface area contributed by atoms with Crippen LogP contribution in [0, 0.1) is 6.92 Å². The Bertz CT molecular complexity index is 1130. The Hall–Kier alpha value is -3.18. The molecular weight excluding hydrogens is 446 g/mol. The van der Waals surface area contributed by atoms with E-state index in [1.807, 2.05) is 37.9 Å². The zero-order chi connectivity index (χ0) is 25.5. The lowest BCUT2D eigenvalue weighted by Crippen LogP contribution is -2.44. The Labute approximate surface area is 215 Å². The lowest BCUT2D eigenvalue weighted by Gasteiger charge is -2.36. The number of amides is 1. The average molecular weight is 486 g/mol. The van der Waals surface area contributed by atoms with Crippen molar-refractivity contribution in [2.75, 3.05) is 4.90 Å². The molecule has 5 nitrogen and oxygen atoms in total. The molecule has 0 radical (unpaired) electrons. The molecule has 1 heterocycles. The van der Waals surface area contributed by atoms with Crippen molar-refractivity contribution in [3.8, 4) is 11.1 Å². The number of hydrogen-bond acceptors (Lipinski definition) is 4. The highest BCUT2D eigenvalue weighted by atomic mass is 16.6. The normalized spacial score (nSPS) is 14.4. The molecule has 3 aromatic rings. The first kappa shape index (κ1) is 25.9. The Morgan fingerprint density at radius 2 is 1.72 bits per heavy atom. The first-order chi connectivity index (χ1) is 17.3. The van der Waals surface area contributed by atoms with Gasteiger partial charge in [-0.05, 0) is 86.6 Å². The summed E-state index contributed by atoms with van der Waals surface area (Å²) in [6.45, 7) is 9.50. The molecule has 1 saturated carbocycles. The molecule has 1 fully saturated rings. The fourth-order valence-corrected chi connectivity index (χ4v) is 4.89. The largest absolute Gasteiger partial charge is 0.443 e. The Morgan fingerprint density at radius 1 is 1.00 bits per heavy atom. The number of carbonyl (C=O) groups excluding carboxylic acids is 1. The average Bonchev–Trinajstić information content (AvgIpc) is 2.85. The standard InChI is InChI=1S/C31H39N3O2/c1-23-19-28(34(27-10-6-5-7-11-27)30(35)36-31(2,3)4)16-17-29(23)26-14-12-24(13-15-26)20-33-22-25-9-8-18-32-21-25/h8-9,12-19,21,27,33H,5-7,10-11,20,22H2,1-4H3. The smallest absolute Gasteiger partial charge is 0.415 e. The summed E-state index contributed by atoms with van der Waals surface area (Å²) in [5, 5.41) is 3.48. The first-order valence-corrected chi connectivity index (χ1v) is 13.1. The summed E-state index contributed by atoms with van der Waals surface area (Å²) in [7, 11) is 0. The number of aromatic nitrogens is 1. The third-order valence-corrected chi connectivity index (χ3v) is 6.66. The van der Waals surface area contributed by atoms with Crippen molar-refractivity contribution in [3.05, 3.63) is 83.7 Å². The zero-order valence-corrected chi connectivity index (χ0v) is 22.1. The highest BCUT2D eigenvalue weighted by Gasteiger charge is 2.31. The molecule has 0 atom stereocenters. The molecule has 2 aromatic carbocycles. The fourth-order valence-electron chi connectivity index (χ4n) is 4.89. The predicted molar refractivity (Wildman–Crippen MR) is 147 cm³/mol. The minimum Gasteiger partial charge on any atom is -0.443 e. The van der Waals surface area contributed by atoms with Crippen LogP contribution in [0.15, 0.2) is 67.0 Å². The van der Waals surface area contributed by atoms with E-state index >= 15 is 0 Å². The number of nitrogens with one attached hydrogen (secondary N) is 1. The first-order valence-electron chi connectivity index (χ1n) is 13.1. The topological polar surface area (TPSA) is 54.5 Å². The van der Waals surface area contributed by atoms with Gasteiger partial charge < -0.3 is 10.1 Å². The highest BCUT2D eigenvalue weighted by molar-refractivity contribution is 5.89. The van der Waals surface area contributed by atoms with Gasteiger partial charge in [0.2, 0.25) is 0 Å². The summed E-state index contributed by atoms with van der Waals surface area (Å²) in [5.74, 6) is 0. The van der Waals surface area contributed by atoms with Gasteiger partial charge in [0.25, 0.3) is 0 Å². The van der Waals surface area contributed by atoms with E-state index in [9.17, 15) is 4.79 Å². The van der Waals surface area contributed by atoms with Crippen LogP contribution in [0.2, 0.25) is 0 Å². The molecule has 1 N–H and O–H groups in total. The second-order valence-electron chi connectivity index (χ2n) is 10.8. The van der Waals surface area contributed by atoms with Crippen molar-refractivity contribution in [1.82, 2.24) is 10.3 Å². The van der Waals surface area contributed by atoms with Gasteiger partial charge in [0.05, 0.1) is 0 Å². The number of rotatable bonds is 7. The van der Waals surface area contributed by atoms with E-state index in [1.165, 1.54) is 28.7 Å². The summed E-state index contributed by atoms with van der Waals surface area (Å²) in [6, 6.07) is 19.3. The highest BCUT2D eigenvalue weighted by Crippen LogP contribution is 2.33. The molecule has 36 heavy (non-hydrogen) atoms. The SMILES string of the molecule is Cc1cc(N(C(=O)OC(C)(C)C)C2CCCCC2)ccc1-c1ccc(CNCc2cccnc2)cc1. The summed E-state index contributed by atoms with van der Waals surface area (Å²) in [5.41, 5.74) is 6.34. The molecule has 0 bridgehead atoms. The van der Waals surface area contributed by atoms with Crippen molar-refractivity contribution >= 4 is 11.8 Å². The number of hydrogen-bond donors (Lipinski definition) is 1. The van der Waals surface area contributed by atoms with Crippen LogP contribution in [0.3, 0.4) is 0 Å². The number of anilines is 1. The van der Waals surface area contributed by atoms with E-state index in [0.29, 0.717) is 0 Å². The van der Waals surface area contributed by atoms with Gasteiger partial charge in [-0.2, -0.15) is 0 Å². The van der Waals surface area contributed by atoms with Crippen LogP contribution in [0.1, 0.15) is 69.6 Å². The quantitative estimate of drug-likeness (QED) is 0.378. The van der Waals surface area contributed by atoms with Crippen molar-refractivity contribution in [2.45, 2.75) is 84.5 Å². The monoisotopic (exact) mass is 485 g/mol. The summed E-state index contributed by atoms with van der Waals surface area (Å²) in [6.07, 6.45) is 9.04.